The number of hydrogen-bond donors (Lipinski definition) is 1. The fourth-order valence-corrected chi connectivity index (χ4v) is 4.82. The Morgan fingerprint density at radius 1 is 1.33 bits per heavy atom. The number of aryl methyl sites for hydroxylation is 1. The van der Waals surface area contributed by atoms with E-state index < -0.39 is 0 Å². The van der Waals surface area contributed by atoms with Crippen LogP contribution in [0.1, 0.15) is 62.4 Å². The molecule has 3 atom stereocenters. The standard InChI is InChI=1S/C17H26N2OS/c1-11-8-9-13(21-11)15-18-12(2)16(20)19(15)14-7-5-6-10-17(14,3)4/h8-9,12,14-15,18H,5-7,10H2,1-4H3. The Morgan fingerprint density at radius 2 is 2.10 bits per heavy atom. The summed E-state index contributed by atoms with van der Waals surface area (Å²) < 4.78 is 0. The molecule has 116 valence electrons. The predicted octanol–water partition coefficient (Wildman–Crippen LogP) is 3.84. The molecular weight excluding hydrogens is 280 g/mol. The zero-order valence-corrected chi connectivity index (χ0v) is 14.3. The van der Waals surface area contributed by atoms with Crippen molar-refractivity contribution < 1.29 is 4.79 Å². The molecule has 2 aliphatic rings. The van der Waals surface area contributed by atoms with Gasteiger partial charge in [-0.25, -0.2) is 0 Å². The van der Waals surface area contributed by atoms with E-state index in [-0.39, 0.29) is 23.5 Å². The van der Waals surface area contributed by atoms with Crippen molar-refractivity contribution in [2.45, 2.75) is 71.6 Å². The SMILES string of the molecule is Cc1ccc(C2NC(C)C(=O)N2C2CCCCC2(C)C)s1. The van der Waals surface area contributed by atoms with E-state index in [0.717, 1.165) is 6.42 Å². The molecule has 1 amide bonds. The molecule has 4 heteroatoms. The number of rotatable bonds is 2. The van der Waals surface area contributed by atoms with Gasteiger partial charge in [0.15, 0.2) is 0 Å². The summed E-state index contributed by atoms with van der Waals surface area (Å²) in [6.07, 6.45) is 4.94. The zero-order chi connectivity index (χ0) is 15.2. The summed E-state index contributed by atoms with van der Waals surface area (Å²) in [6.45, 7) is 8.77. The Morgan fingerprint density at radius 3 is 2.71 bits per heavy atom. The van der Waals surface area contributed by atoms with Crippen LogP contribution >= 0.6 is 11.3 Å². The molecule has 0 bridgehead atoms. The molecule has 1 saturated heterocycles. The highest BCUT2D eigenvalue weighted by molar-refractivity contribution is 7.12. The predicted molar refractivity (Wildman–Crippen MR) is 87.3 cm³/mol. The molecule has 1 aliphatic carbocycles. The van der Waals surface area contributed by atoms with Gasteiger partial charge in [-0.1, -0.05) is 26.7 Å². The lowest BCUT2D eigenvalue weighted by molar-refractivity contribution is -0.136. The summed E-state index contributed by atoms with van der Waals surface area (Å²) in [4.78, 5) is 17.5. The first-order valence-electron chi connectivity index (χ1n) is 8.05. The Bertz CT molecular complexity index is 537. The molecule has 21 heavy (non-hydrogen) atoms. The van der Waals surface area contributed by atoms with Crippen LogP contribution in [-0.4, -0.2) is 22.9 Å². The fourth-order valence-electron chi connectivity index (χ4n) is 3.88. The van der Waals surface area contributed by atoms with Gasteiger partial charge in [-0.3, -0.25) is 10.1 Å². The molecular formula is C17H26N2OS. The molecule has 2 fully saturated rings. The molecule has 3 unspecified atom stereocenters. The lowest BCUT2D eigenvalue weighted by Crippen LogP contribution is -2.49. The van der Waals surface area contributed by atoms with Gasteiger partial charge in [0.1, 0.15) is 6.17 Å². The van der Waals surface area contributed by atoms with E-state index in [2.05, 4.69) is 43.1 Å². The third-order valence-electron chi connectivity index (χ3n) is 5.13. The second-order valence-electron chi connectivity index (χ2n) is 7.23. The van der Waals surface area contributed by atoms with Gasteiger partial charge >= 0.3 is 0 Å². The molecule has 1 aliphatic heterocycles. The lowest BCUT2D eigenvalue weighted by atomic mass is 9.72. The molecule has 1 N–H and O–H groups in total. The van der Waals surface area contributed by atoms with Crippen LogP contribution in [0.4, 0.5) is 0 Å². The van der Waals surface area contributed by atoms with Crippen LogP contribution in [0.2, 0.25) is 0 Å². The van der Waals surface area contributed by atoms with E-state index >= 15 is 0 Å². The van der Waals surface area contributed by atoms with E-state index in [1.165, 1.54) is 29.0 Å². The molecule has 3 rings (SSSR count). The summed E-state index contributed by atoms with van der Waals surface area (Å²) in [5, 5.41) is 3.51. The van der Waals surface area contributed by atoms with E-state index in [1.54, 1.807) is 11.3 Å². The largest absolute Gasteiger partial charge is 0.317 e. The highest BCUT2D eigenvalue weighted by atomic mass is 32.1. The quantitative estimate of drug-likeness (QED) is 0.900. The molecule has 2 heterocycles. The molecule has 0 spiro atoms. The topological polar surface area (TPSA) is 32.3 Å². The lowest BCUT2D eigenvalue weighted by Gasteiger charge is -2.45. The minimum atomic E-state index is -0.0740. The summed E-state index contributed by atoms with van der Waals surface area (Å²) in [6, 6.07) is 4.60. The van der Waals surface area contributed by atoms with Crippen LogP contribution in [-0.2, 0) is 4.79 Å². The van der Waals surface area contributed by atoms with Gasteiger partial charge in [-0.15, -0.1) is 11.3 Å². The van der Waals surface area contributed by atoms with Crippen molar-refractivity contribution in [1.82, 2.24) is 10.2 Å². The summed E-state index contributed by atoms with van der Waals surface area (Å²) in [5.41, 5.74) is 0.213. The molecule has 3 nitrogen and oxygen atoms in total. The van der Waals surface area contributed by atoms with Gasteiger partial charge in [0.2, 0.25) is 5.91 Å². The van der Waals surface area contributed by atoms with Gasteiger partial charge in [0.05, 0.1) is 6.04 Å². The number of carbonyl (C=O) groups excluding carboxylic acids is 1. The van der Waals surface area contributed by atoms with Crippen molar-refractivity contribution >= 4 is 17.2 Å². The number of nitrogens with one attached hydrogen (secondary N) is 1. The Labute approximate surface area is 131 Å². The first kappa shape index (κ1) is 15.0. The Kier molecular flexibility index (Phi) is 3.87. The molecule has 0 radical (unpaired) electrons. The maximum Gasteiger partial charge on any atom is 0.241 e. The minimum Gasteiger partial charge on any atom is -0.317 e. The maximum atomic E-state index is 12.8. The van der Waals surface area contributed by atoms with E-state index in [4.69, 9.17) is 0 Å². The van der Waals surface area contributed by atoms with Gasteiger partial charge in [0, 0.05) is 15.8 Å². The highest BCUT2D eigenvalue weighted by Gasteiger charge is 2.47. The summed E-state index contributed by atoms with van der Waals surface area (Å²) in [5.74, 6) is 0.269. The molecule has 0 aromatic carbocycles. The third kappa shape index (κ3) is 2.64. The average molecular weight is 306 g/mol. The summed E-state index contributed by atoms with van der Waals surface area (Å²) in [7, 11) is 0. The van der Waals surface area contributed by atoms with Crippen molar-refractivity contribution in [2.24, 2.45) is 5.41 Å². The average Bonchev–Trinajstić information content (AvgIpc) is 2.96. The van der Waals surface area contributed by atoms with Gasteiger partial charge in [-0.05, 0) is 44.2 Å². The van der Waals surface area contributed by atoms with E-state index in [9.17, 15) is 4.79 Å². The van der Waals surface area contributed by atoms with Crippen molar-refractivity contribution in [3.8, 4) is 0 Å². The first-order chi connectivity index (χ1) is 9.90. The van der Waals surface area contributed by atoms with Gasteiger partial charge < -0.3 is 4.90 Å². The van der Waals surface area contributed by atoms with Crippen LogP contribution in [0.15, 0.2) is 12.1 Å². The monoisotopic (exact) mass is 306 g/mol. The molecule has 1 saturated carbocycles. The van der Waals surface area contributed by atoms with Crippen molar-refractivity contribution in [3.05, 3.63) is 21.9 Å². The maximum absolute atomic E-state index is 12.8. The normalized spacial score (nSPS) is 32.7. The summed E-state index contributed by atoms with van der Waals surface area (Å²) >= 11 is 1.80. The van der Waals surface area contributed by atoms with Gasteiger partial charge in [0.25, 0.3) is 0 Å². The second-order valence-corrected chi connectivity index (χ2v) is 8.55. The van der Waals surface area contributed by atoms with Gasteiger partial charge in [-0.2, -0.15) is 0 Å². The van der Waals surface area contributed by atoms with Crippen LogP contribution in [0, 0.1) is 12.3 Å². The third-order valence-corrected chi connectivity index (χ3v) is 6.18. The number of hydrogen-bond acceptors (Lipinski definition) is 3. The highest BCUT2D eigenvalue weighted by Crippen LogP contribution is 2.43. The van der Waals surface area contributed by atoms with Crippen LogP contribution in [0.3, 0.4) is 0 Å². The Hall–Kier alpha value is -0.870. The first-order valence-corrected chi connectivity index (χ1v) is 8.86. The second kappa shape index (κ2) is 5.40. The van der Waals surface area contributed by atoms with Crippen LogP contribution in [0.25, 0.3) is 0 Å². The number of thiophene rings is 1. The van der Waals surface area contributed by atoms with Crippen LogP contribution in [0.5, 0.6) is 0 Å². The fraction of sp³-hybridized carbons (Fsp3) is 0.706. The smallest absolute Gasteiger partial charge is 0.241 e. The van der Waals surface area contributed by atoms with Crippen molar-refractivity contribution in [2.75, 3.05) is 0 Å². The van der Waals surface area contributed by atoms with E-state index in [1.807, 2.05) is 6.92 Å². The zero-order valence-electron chi connectivity index (χ0n) is 13.5. The Balaban J connectivity index is 1.94. The van der Waals surface area contributed by atoms with E-state index in [0.29, 0.717) is 6.04 Å². The number of carbonyl (C=O) groups is 1. The molecule has 1 aromatic heterocycles. The number of nitrogens with zero attached hydrogens (tertiary/aromatic N) is 1. The molecule has 1 aromatic rings. The van der Waals surface area contributed by atoms with Crippen molar-refractivity contribution in [3.63, 3.8) is 0 Å². The number of amides is 1. The van der Waals surface area contributed by atoms with Crippen molar-refractivity contribution in [1.29, 1.82) is 0 Å². The van der Waals surface area contributed by atoms with Crippen LogP contribution < -0.4 is 5.32 Å². The minimum absolute atomic E-state index is 0.0635.